The number of aromatic nitrogens is 1. The average molecular weight is 522 g/mol. The van der Waals surface area contributed by atoms with Crippen LogP contribution < -0.4 is 11.2 Å². The van der Waals surface area contributed by atoms with Gasteiger partial charge in [0.05, 0.1) is 18.7 Å². The van der Waals surface area contributed by atoms with Crippen molar-refractivity contribution < 1.29 is 9.53 Å². The number of fused-ring (bicyclic) bond motifs is 1. The van der Waals surface area contributed by atoms with Gasteiger partial charge in [0.15, 0.2) is 0 Å². The number of carbonyl (C=O) groups is 1. The number of primary amides is 1. The van der Waals surface area contributed by atoms with E-state index in [0.717, 1.165) is 29.9 Å². The standard InChI is InChI=1S/C28H25Cl2N3O3/c29-20-4-1-18(2-5-20)16-25-26(28(31)35)27(34)23-15-19(17-32-11-13-36-14-12-32)3-10-24(23)33(25)22-8-6-21(30)7-9-22/h1-10,15H,11-14,16-17H2,(H2,31,35). The molecule has 1 fully saturated rings. The normalized spacial score (nSPS) is 14.3. The molecule has 1 aliphatic heterocycles. The van der Waals surface area contributed by atoms with Crippen molar-refractivity contribution in [2.24, 2.45) is 5.73 Å². The molecule has 2 heterocycles. The number of nitrogens with two attached hydrogens (primary N) is 1. The van der Waals surface area contributed by atoms with Crippen LogP contribution in [0.5, 0.6) is 0 Å². The Hall–Kier alpha value is -3.16. The summed E-state index contributed by atoms with van der Waals surface area (Å²) in [6, 6.07) is 20.4. The van der Waals surface area contributed by atoms with Gasteiger partial charge in [-0.2, -0.15) is 0 Å². The highest BCUT2D eigenvalue weighted by Crippen LogP contribution is 2.27. The fraction of sp³-hybridized carbons (Fsp3) is 0.214. The van der Waals surface area contributed by atoms with Gasteiger partial charge in [-0.1, -0.05) is 41.4 Å². The molecule has 184 valence electrons. The second-order valence-electron chi connectivity index (χ2n) is 8.87. The van der Waals surface area contributed by atoms with Crippen LogP contribution in [0.3, 0.4) is 0 Å². The van der Waals surface area contributed by atoms with Crippen LogP contribution in [0.1, 0.15) is 27.2 Å². The highest BCUT2D eigenvalue weighted by atomic mass is 35.5. The minimum atomic E-state index is -0.757. The second kappa shape index (κ2) is 10.4. The fourth-order valence-corrected chi connectivity index (χ4v) is 4.95. The Bertz CT molecular complexity index is 1480. The molecule has 0 aliphatic carbocycles. The number of pyridine rings is 1. The van der Waals surface area contributed by atoms with Crippen LogP contribution >= 0.6 is 23.2 Å². The third-order valence-electron chi connectivity index (χ3n) is 6.46. The average Bonchev–Trinajstić information content (AvgIpc) is 2.87. The summed E-state index contributed by atoms with van der Waals surface area (Å²) in [7, 11) is 0. The zero-order chi connectivity index (χ0) is 25.2. The highest BCUT2D eigenvalue weighted by molar-refractivity contribution is 6.30. The highest BCUT2D eigenvalue weighted by Gasteiger charge is 2.23. The molecule has 3 aromatic carbocycles. The quantitative estimate of drug-likeness (QED) is 0.394. The second-order valence-corrected chi connectivity index (χ2v) is 9.74. The molecule has 2 N–H and O–H groups in total. The van der Waals surface area contributed by atoms with Crippen LogP contribution in [-0.2, 0) is 17.7 Å². The van der Waals surface area contributed by atoms with Crippen LogP contribution in [0.2, 0.25) is 10.0 Å². The van der Waals surface area contributed by atoms with E-state index in [0.29, 0.717) is 52.8 Å². The SMILES string of the molecule is NC(=O)c1c(Cc2ccc(Cl)cc2)n(-c2ccc(Cl)cc2)c2ccc(CN3CCOCC3)cc2c1=O. The van der Waals surface area contributed by atoms with Crippen molar-refractivity contribution >= 4 is 40.0 Å². The Balaban J connectivity index is 1.73. The predicted molar refractivity (Wildman–Crippen MR) is 143 cm³/mol. The van der Waals surface area contributed by atoms with Crippen molar-refractivity contribution in [1.29, 1.82) is 0 Å². The van der Waals surface area contributed by atoms with Gasteiger partial charge in [-0.15, -0.1) is 0 Å². The third-order valence-corrected chi connectivity index (χ3v) is 6.96. The number of hydrogen-bond donors (Lipinski definition) is 1. The van der Waals surface area contributed by atoms with Crippen LogP contribution in [-0.4, -0.2) is 41.7 Å². The first-order chi connectivity index (χ1) is 17.4. The molecule has 0 atom stereocenters. The molecule has 8 heteroatoms. The molecule has 1 amide bonds. The maximum atomic E-state index is 13.7. The van der Waals surface area contributed by atoms with E-state index in [1.165, 1.54) is 0 Å². The molecule has 0 spiro atoms. The molecule has 0 saturated carbocycles. The monoisotopic (exact) mass is 521 g/mol. The Morgan fingerprint density at radius 2 is 1.50 bits per heavy atom. The van der Waals surface area contributed by atoms with E-state index in [-0.39, 0.29) is 11.0 Å². The number of amides is 1. The summed E-state index contributed by atoms with van der Waals surface area (Å²) in [6.07, 6.45) is 0.318. The first-order valence-electron chi connectivity index (χ1n) is 11.7. The Morgan fingerprint density at radius 1 is 0.889 bits per heavy atom. The Morgan fingerprint density at radius 3 is 2.14 bits per heavy atom. The van der Waals surface area contributed by atoms with E-state index in [1.807, 2.05) is 47.0 Å². The van der Waals surface area contributed by atoms with E-state index < -0.39 is 5.91 Å². The molecule has 5 rings (SSSR count). The molecule has 0 bridgehead atoms. The van der Waals surface area contributed by atoms with Gasteiger partial charge in [0.2, 0.25) is 5.43 Å². The zero-order valence-corrected chi connectivity index (χ0v) is 21.1. The smallest absolute Gasteiger partial charge is 0.254 e. The number of rotatable bonds is 6. The molecular weight excluding hydrogens is 497 g/mol. The summed E-state index contributed by atoms with van der Waals surface area (Å²) >= 11 is 12.2. The fourth-order valence-electron chi connectivity index (χ4n) is 4.70. The maximum Gasteiger partial charge on any atom is 0.254 e. The predicted octanol–water partition coefficient (Wildman–Crippen LogP) is 4.82. The summed E-state index contributed by atoms with van der Waals surface area (Å²) in [5, 5.41) is 1.64. The number of benzene rings is 3. The maximum absolute atomic E-state index is 13.7. The van der Waals surface area contributed by atoms with Gasteiger partial charge >= 0.3 is 0 Å². The third kappa shape index (κ3) is 5.04. The lowest BCUT2D eigenvalue weighted by atomic mass is 9.99. The van der Waals surface area contributed by atoms with E-state index in [1.54, 1.807) is 24.3 Å². The Kier molecular flexibility index (Phi) is 7.12. The molecule has 1 aromatic heterocycles. The van der Waals surface area contributed by atoms with Gasteiger partial charge in [0.25, 0.3) is 5.91 Å². The molecule has 0 unspecified atom stereocenters. The molecular formula is C28H25Cl2N3O3. The van der Waals surface area contributed by atoms with Crippen LogP contribution in [0.25, 0.3) is 16.6 Å². The van der Waals surface area contributed by atoms with Crippen molar-refractivity contribution in [3.05, 3.63) is 109 Å². The molecule has 4 aromatic rings. The zero-order valence-electron chi connectivity index (χ0n) is 19.5. The van der Waals surface area contributed by atoms with Gasteiger partial charge in [-0.25, -0.2) is 0 Å². The molecule has 0 radical (unpaired) electrons. The summed E-state index contributed by atoms with van der Waals surface area (Å²) in [5.74, 6) is -0.757. The van der Waals surface area contributed by atoms with E-state index in [9.17, 15) is 9.59 Å². The van der Waals surface area contributed by atoms with Crippen molar-refractivity contribution in [3.8, 4) is 5.69 Å². The van der Waals surface area contributed by atoms with Crippen molar-refractivity contribution in [1.82, 2.24) is 9.47 Å². The topological polar surface area (TPSA) is 77.6 Å². The minimum absolute atomic E-state index is 0.0177. The number of halogens is 2. The van der Waals surface area contributed by atoms with Gasteiger partial charge in [0.1, 0.15) is 5.56 Å². The molecule has 6 nitrogen and oxygen atoms in total. The van der Waals surface area contributed by atoms with Crippen LogP contribution in [0.4, 0.5) is 0 Å². The first-order valence-corrected chi connectivity index (χ1v) is 12.5. The molecule has 1 saturated heterocycles. The van der Waals surface area contributed by atoms with Crippen molar-refractivity contribution in [2.75, 3.05) is 26.3 Å². The minimum Gasteiger partial charge on any atom is -0.379 e. The summed E-state index contributed by atoms with van der Waals surface area (Å²) in [6.45, 7) is 3.74. The number of nitrogens with zero attached hydrogens (tertiary/aromatic N) is 2. The van der Waals surface area contributed by atoms with Crippen LogP contribution in [0, 0.1) is 0 Å². The molecule has 36 heavy (non-hydrogen) atoms. The largest absolute Gasteiger partial charge is 0.379 e. The number of hydrogen-bond acceptors (Lipinski definition) is 4. The van der Waals surface area contributed by atoms with E-state index in [2.05, 4.69) is 4.90 Å². The summed E-state index contributed by atoms with van der Waals surface area (Å²) in [4.78, 5) is 28.7. The van der Waals surface area contributed by atoms with E-state index in [4.69, 9.17) is 33.7 Å². The van der Waals surface area contributed by atoms with Crippen molar-refractivity contribution in [3.63, 3.8) is 0 Å². The van der Waals surface area contributed by atoms with Gasteiger partial charge in [0, 0.05) is 52.9 Å². The van der Waals surface area contributed by atoms with E-state index >= 15 is 0 Å². The van der Waals surface area contributed by atoms with Gasteiger partial charge in [-0.05, 0) is 59.7 Å². The molecule has 1 aliphatic rings. The van der Waals surface area contributed by atoms with Gasteiger partial charge < -0.3 is 15.0 Å². The van der Waals surface area contributed by atoms with Crippen LogP contribution in [0.15, 0.2) is 71.5 Å². The number of morpholine rings is 1. The van der Waals surface area contributed by atoms with Gasteiger partial charge in [-0.3, -0.25) is 14.5 Å². The summed E-state index contributed by atoms with van der Waals surface area (Å²) in [5.41, 5.74) is 9.32. The van der Waals surface area contributed by atoms with Crippen molar-refractivity contribution in [2.45, 2.75) is 13.0 Å². The number of carbonyl (C=O) groups excluding carboxylic acids is 1. The first kappa shape index (κ1) is 24.5. The lowest BCUT2D eigenvalue weighted by Gasteiger charge is -2.27. The lowest BCUT2D eigenvalue weighted by molar-refractivity contribution is 0.0342. The number of ether oxygens (including phenoxy) is 1. The lowest BCUT2D eigenvalue weighted by Crippen LogP contribution is -2.35. The Labute approximate surface area is 218 Å². The summed E-state index contributed by atoms with van der Waals surface area (Å²) < 4.78 is 7.38.